The van der Waals surface area contributed by atoms with Gasteiger partial charge >= 0.3 is 5.97 Å². The second-order valence-corrected chi connectivity index (χ2v) is 5.77. The molecule has 0 saturated carbocycles. The fourth-order valence-electron chi connectivity index (χ4n) is 2.64. The number of rotatable bonds is 5. The Balaban J connectivity index is 1.98. The van der Waals surface area contributed by atoms with Gasteiger partial charge in [-0.25, -0.2) is 9.18 Å². The van der Waals surface area contributed by atoms with Crippen molar-refractivity contribution < 1.29 is 19.1 Å². The van der Waals surface area contributed by atoms with E-state index in [2.05, 4.69) is 10.2 Å². The molecule has 0 spiro atoms. The number of carbonyl (C=O) groups excluding carboxylic acids is 1. The first-order valence-electron chi connectivity index (χ1n) is 7.42. The minimum Gasteiger partial charge on any atom is -0.480 e. The van der Waals surface area contributed by atoms with E-state index < -0.39 is 17.8 Å². The highest BCUT2D eigenvalue weighted by molar-refractivity contribution is 5.85. The summed E-state index contributed by atoms with van der Waals surface area (Å²) in [6, 6.07) is 4.91. The number of amides is 1. The number of halogens is 1. The van der Waals surface area contributed by atoms with Crippen molar-refractivity contribution in [3.8, 4) is 0 Å². The number of benzene rings is 1. The summed E-state index contributed by atoms with van der Waals surface area (Å²) < 4.78 is 13.6. The highest BCUT2D eigenvalue weighted by Gasteiger charge is 2.28. The van der Waals surface area contributed by atoms with Gasteiger partial charge in [0.15, 0.2) is 0 Å². The van der Waals surface area contributed by atoms with Crippen LogP contribution < -0.4 is 5.32 Å². The highest BCUT2D eigenvalue weighted by atomic mass is 19.1. The maximum atomic E-state index is 13.6. The van der Waals surface area contributed by atoms with Gasteiger partial charge in [-0.2, -0.15) is 0 Å². The van der Waals surface area contributed by atoms with Crippen LogP contribution in [0.1, 0.15) is 18.4 Å². The fourth-order valence-corrected chi connectivity index (χ4v) is 2.64. The molecule has 2 rings (SSSR count). The van der Waals surface area contributed by atoms with Crippen LogP contribution in [0.5, 0.6) is 0 Å². The zero-order chi connectivity index (χ0) is 16.1. The van der Waals surface area contributed by atoms with Gasteiger partial charge in [0, 0.05) is 12.3 Å². The summed E-state index contributed by atoms with van der Waals surface area (Å²) in [5.41, 5.74) is 0.290. The number of aliphatic carboxylic acids is 1. The molecular formula is C16H21FN2O3. The first kappa shape index (κ1) is 16.4. The maximum Gasteiger partial charge on any atom is 0.326 e. The minimum atomic E-state index is -1.15. The molecule has 1 fully saturated rings. The molecule has 22 heavy (non-hydrogen) atoms. The van der Waals surface area contributed by atoms with Crippen molar-refractivity contribution in [2.75, 3.05) is 20.1 Å². The number of carboxylic acids is 1. The standard InChI is InChI=1S/C16H21FN2O3/c1-19-8-6-11(7-9-19)15(20)18-14(16(21)22)10-12-4-2-3-5-13(12)17/h2-5,11,14H,6-10H2,1H3,(H,18,20)(H,21,22). The van der Waals surface area contributed by atoms with Crippen molar-refractivity contribution in [3.05, 3.63) is 35.6 Å². The summed E-state index contributed by atoms with van der Waals surface area (Å²) in [6.07, 6.45) is 1.38. The summed E-state index contributed by atoms with van der Waals surface area (Å²) in [7, 11) is 1.99. The van der Waals surface area contributed by atoms with Crippen molar-refractivity contribution >= 4 is 11.9 Å². The highest BCUT2D eigenvalue weighted by Crippen LogP contribution is 2.17. The minimum absolute atomic E-state index is 0.0552. The number of piperidine rings is 1. The van der Waals surface area contributed by atoms with Gasteiger partial charge in [0.2, 0.25) is 5.91 Å². The van der Waals surface area contributed by atoms with Crippen molar-refractivity contribution in [3.63, 3.8) is 0 Å². The molecule has 1 unspecified atom stereocenters. The number of carbonyl (C=O) groups is 2. The number of hydrogen-bond acceptors (Lipinski definition) is 3. The summed E-state index contributed by atoms with van der Waals surface area (Å²) in [5.74, 6) is -2.03. The Hall–Kier alpha value is -1.95. The molecule has 6 heteroatoms. The molecule has 1 aliphatic heterocycles. The largest absolute Gasteiger partial charge is 0.480 e. The molecular weight excluding hydrogens is 287 g/mol. The van der Waals surface area contributed by atoms with Crippen LogP contribution in [0, 0.1) is 11.7 Å². The lowest BCUT2D eigenvalue weighted by molar-refractivity contribution is -0.142. The SMILES string of the molecule is CN1CCC(C(=O)NC(Cc2ccccc2F)C(=O)O)CC1. The van der Waals surface area contributed by atoms with Gasteiger partial charge in [-0.15, -0.1) is 0 Å². The van der Waals surface area contributed by atoms with Crippen molar-refractivity contribution in [2.45, 2.75) is 25.3 Å². The molecule has 0 aliphatic carbocycles. The van der Waals surface area contributed by atoms with E-state index in [1.807, 2.05) is 7.05 Å². The summed E-state index contributed by atoms with van der Waals surface area (Å²) in [5, 5.41) is 11.8. The number of nitrogens with zero attached hydrogens (tertiary/aromatic N) is 1. The molecule has 1 aromatic carbocycles. The summed E-state index contributed by atoms with van der Waals surface area (Å²) in [4.78, 5) is 25.7. The molecule has 0 aromatic heterocycles. The average molecular weight is 308 g/mol. The number of carboxylic acid groups (broad SMARTS) is 1. The van der Waals surface area contributed by atoms with E-state index in [0.717, 1.165) is 13.1 Å². The van der Waals surface area contributed by atoms with Crippen LogP contribution >= 0.6 is 0 Å². The lowest BCUT2D eigenvalue weighted by atomic mass is 9.95. The first-order valence-corrected chi connectivity index (χ1v) is 7.42. The average Bonchev–Trinajstić information content (AvgIpc) is 2.49. The van der Waals surface area contributed by atoms with Gasteiger partial charge in [0.05, 0.1) is 0 Å². The molecule has 1 saturated heterocycles. The maximum absolute atomic E-state index is 13.6. The predicted molar refractivity (Wildman–Crippen MR) is 79.9 cm³/mol. The van der Waals surface area contributed by atoms with Crippen LogP contribution in [0.15, 0.2) is 24.3 Å². The third kappa shape index (κ3) is 4.27. The summed E-state index contributed by atoms with van der Waals surface area (Å²) >= 11 is 0. The van der Waals surface area contributed by atoms with E-state index in [-0.39, 0.29) is 18.2 Å². The fraction of sp³-hybridized carbons (Fsp3) is 0.500. The van der Waals surface area contributed by atoms with Gasteiger partial charge in [0.25, 0.3) is 0 Å². The Labute approximate surface area is 129 Å². The van der Waals surface area contributed by atoms with E-state index in [1.54, 1.807) is 12.1 Å². The second-order valence-electron chi connectivity index (χ2n) is 5.77. The molecule has 120 valence electrons. The number of likely N-dealkylation sites (tertiary alicyclic amines) is 1. The molecule has 1 amide bonds. The third-order valence-electron chi connectivity index (χ3n) is 4.09. The molecule has 1 heterocycles. The van der Waals surface area contributed by atoms with Gasteiger partial charge < -0.3 is 15.3 Å². The van der Waals surface area contributed by atoms with E-state index in [4.69, 9.17) is 0 Å². The van der Waals surface area contributed by atoms with Gasteiger partial charge in [-0.1, -0.05) is 18.2 Å². The Bertz CT molecular complexity index is 542. The molecule has 1 aromatic rings. The van der Waals surface area contributed by atoms with Crippen molar-refractivity contribution in [2.24, 2.45) is 5.92 Å². The lowest BCUT2D eigenvalue weighted by Gasteiger charge is -2.29. The summed E-state index contributed by atoms with van der Waals surface area (Å²) in [6.45, 7) is 1.65. The van der Waals surface area contributed by atoms with Gasteiger partial charge in [0.1, 0.15) is 11.9 Å². The van der Waals surface area contributed by atoms with Crippen LogP contribution in [0.4, 0.5) is 4.39 Å². The quantitative estimate of drug-likeness (QED) is 0.860. The van der Waals surface area contributed by atoms with Crippen LogP contribution in [-0.2, 0) is 16.0 Å². The van der Waals surface area contributed by atoms with Gasteiger partial charge in [-0.3, -0.25) is 4.79 Å². The zero-order valence-electron chi connectivity index (χ0n) is 12.6. The predicted octanol–water partition coefficient (Wildman–Crippen LogP) is 1.28. The molecule has 2 N–H and O–H groups in total. The van der Waals surface area contributed by atoms with Crippen molar-refractivity contribution in [1.82, 2.24) is 10.2 Å². The van der Waals surface area contributed by atoms with E-state index in [9.17, 15) is 19.1 Å². The number of nitrogens with one attached hydrogen (secondary N) is 1. The first-order chi connectivity index (χ1) is 10.5. The van der Waals surface area contributed by atoms with E-state index in [1.165, 1.54) is 12.1 Å². The van der Waals surface area contributed by atoms with E-state index >= 15 is 0 Å². The lowest BCUT2D eigenvalue weighted by Crippen LogP contribution is -2.47. The number of hydrogen-bond donors (Lipinski definition) is 2. The van der Waals surface area contributed by atoms with E-state index in [0.29, 0.717) is 18.4 Å². The smallest absolute Gasteiger partial charge is 0.326 e. The van der Waals surface area contributed by atoms with Crippen LogP contribution in [0.3, 0.4) is 0 Å². The Kier molecular flexibility index (Phi) is 5.49. The Morgan fingerprint density at radius 1 is 1.36 bits per heavy atom. The van der Waals surface area contributed by atoms with Crippen LogP contribution in [0.25, 0.3) is 0 Å². The van der Waals surface area contributed by atoms with Gasteiger partial charge in [-0.05, 0) is 44.6 Å². The Morgan fingerprint density at radius 3 is 2.59 bits per heavy atom. The monoisotopic (exact) mass is 308 g/mol. The van der Waals surface area contributed by atoms with Crippen LogP contribution in [-0.4, -0.2) is 48.1 Å². The molecule has 1 atom stereocenters. The Morgan fingerprint density at radius 2 is 2.00 bits per heavy atom. The molecule has 0 radical (unpaired) electrons. The topological polar surface area (TPSA) is 69.6 Å². The molecule has 0 bridgehead atoms. The third-order valence-corrected chi connectivity index (χ3v) is 4.09. The van der Waals surface area contributed by atoms with Crippen molar-refractivity contribution in [1.29, 1.82) is 0 Å². The normalized spacial score (nSPS) is 17.9. The van der Waals surface area contributed by atoms with Crippen LogP contribution in [0.2, 0.25) is 0 Å². The molecule has 5 nitrogen and oxygen atoms in total. The zero-order valence-corrected chi connectivity index (χ0v) is 12.6. The second kappa shape index (κ2) is 7.35. The molecule has 1 aliphatic rings.